The number of hydrogen-bond acceptors (Lipinski definition) is 4. The molecule has 0 bridgehead atoms. The highest BCUT2D eigenvalue weighted by molar-refractivity contribution is 7.89. The number of sulfonamides is 1. The predicted octanol–water partition coefficient (Wildman–Crippen LogP) is 2.99. The number of hydrogen-bond donors (Lipinski definition) is 1. The van der Waals surface area contributed by atoms with Crippen LogP contribution in [0.15, 0.2) is 47.4 Å². The molecule has 0 spiro atoms. The summed E-state index contributed by atoms with van der Waals surface area (Å²) in [5, 5.41) is 2.83. The van der Waals surface area contributed by atoms with Crippen molar-refractivity contribution in [2.45, 2.75) is 11.5 Å². The van der Waals surface area contributed by atoms with Crippen molar-refractivity contribution in [1.29, 1.82) is 0 Å². The molecule has 134 valence electrons. The molecule has 8 heteroatoms. The zero-order valence-corrected chi connectivity index (χ0v) is 15.7. The largest absolute Gasteiger partial charge is 0.380 e. The molecule has 0 radical (unpaired) electrons. The third-order valence-corrected chi connectivity index (χ3v) is 5.81. The van der Waals surface area contributed by atoms with E-state index >= 15 is 0 Å². The lowest BCUT2D eigenvalue weighted by Gasteiger charge is -2.14. The molecule has 0 aromatic heterocycles. The van der Waals surface area contributed by atoms with Gasteiger partial charge in [0.25, 0.3) is 5.91 Å². The lowest BCUT2D eigenvalue weighted by Crippen LogP contribution is -2.23. The number of anilines is 1. The molecule has 0 fully saturated rings. The molecule has 1 amide bonds. The first-order valence-electron chi connectivity index (χ1n) is 7.37. The van der Waals surface area contributed by atoms with Gasteiger partial charge in [0.1, 0.15) is 4.90 Å². The van der Waals surface area contributed by atoms with E-state index in [9.17, 15) is 13.2 Å². The van der Waals surface area contributed by atoms with Crippen LogP contribution in [0.4, 0.5) is 5.69 Å². The molecular weight excluding hydrogens is 364 g/mol. The molecule has 0 aliphatic rings. The van der Waals surface area contributed by atoms with Crippen LogP contribution in [-0.4, -0.2) is 39.8 Å². The Bertz CT molecular complexity index is 882. The summed E-state index contributed by atoms with van der Waals surface area (Å²) in [7, 11) is 0.618. The molecule has 2 aromatic rings. The summed E-state index contributed by atoms with van der Waals surface area (Å²) in [6.07, 6.45) is 0. The molecule has 0 saturated heterocycles. The lowest BCUT2D eigenvalue weighted by atomic mass is 10.1. The van der Waals surface area contributed by atoms with E-state index < -0.39 is 15.9 Å². The summed E-state index contributed by atoms with van der Waals surface area (Å²) < 4.78 is 30.8. The summed E-state index contributed by atoms with van der Waals surface area (Å²) in [5.41, 5.74) is 1.60. The Balaban J connectivity index is 2.36. The zero-order valence-electron chi connectivity index (χ0n) is 14.1. The van der Waals surface area contributed by atoms with Crippen LogP contribution >= 0.6 is 11.6 Å². The van der Waals surface area contributed by atoms with Crippen LogP contribution in [0.25, 0.3) is 0 Å². The monoisotopic (exact) mass is 382 g/mol. The highest BCUT2D eigenvalue weighted by atomic mass is 35.5. The molecule has 0 atom stereocenters. The van der Waals surface area contributed by atoms with Crippen molar-refractivity contribution in [2.24, 2.45) is 0 Å². The zero-order chi connectivity index (χ0) is 18.6. The van der Waals surface area contributed by atoms with Gasteiger partial charge in [0, 0.05) is 38.0 Å². The number of benzene rings is 2. The second-order valence-corrected chi connectivity index (χ2v) is 8.00. The Kier molecular flexibility index (Phi) is 6.18. The van der Waals surface area contributed by atoms with Gasteiger partial charge in [-0.1, -0.05) is 29.8 Å². The standard InChI is InChI=1S/C17H19ClN2O4S/c1-20(2)25(22,23)16-10-12(8-9-14(16)18)17(21)19-15-7-5-4-6-13(15)11-24-3/h4-10H,11H2,1-3H3,(H,19,21). The van der Waals surface area contributed by atoms with Gasteiger partial charge in [-0.15, -0.1) is 0 Å². The van der Waals surface area contributed by atoms with Gasteiger partial charge in [-0.3, -0.25) is 4.79 Å². The van der Waals surface area contributed by atoms with E-state index in [0.717, 1.165) is 9.87 Å². The molecule has 0 aliphatic heterocycles. The van der Waals surface area contributed by atoms with Crippen LogP contribution in [0.3, 0.4) is 0 Å². The minimum Gasteiger partial charge on any atom is -0.380 e. The van der Waals surface area contributed by atoms with Gasteiger partial charge in [0.05, 0.1) is 11.6 Å². The van der Waals surface area contributed by atoms with Gasteiger partial charge >= 0.3 is 0 Å². The van der Waals surface area contributed by atoms with Gasteiger partial charge in [0.2, 0.25) is 10.0 Å². The van der Waals surface area contributed by atoms with Crippen LogP contribution in [0, 0.1) is 0 Å². The summed E-state index contributed by atoms with van der Waals surface area (Å²) in [5.74, 6) is -0.435. The van der Waals surface area contributed by atoms with Gasteiger partial charge in [0.15, 0.2) is 0 Å². The Morgan fingerprint density at radius 3 is 2.52 bits per heavy atom. The van der Waals surface area contributed by atoms with E-state index in [1.54, 1.807) is 19.2 Å². The SMILES string of the molecule is COCc1ccccc1NC(=O)c1ccc(Cl)c(S(=O)(=O)N(C)C)c1. The minimum absolute atomic E-state index is 0.0602. The highest BCUT2D eigenvalue weighted by Gasteiger charge is 2.22. The number of ether oxygens (including phenoxy) is 1. The first-order valence-corrected chi connectivity index (χ1v) is 9.19. The molecule has 1 N–H and O–H groups in total. The molecule has 6 nitrogen and oxygen atoms in total. The molecule has 2 rings (SSSR count). The Hall–Kier alpha value is -1.93. The van der Waals surface area contributed by atoms with Crippen molar-refractivity contribution in [3.05, 3.63) is 58.6 Å². The molecule has 2 aromatic carbocycles. The average Bonchev–Trinajstić information content (AvgIpc) is 2.56. The number of halogens is 1. The van der Waals surface area contributed by atoms with Crippen molar-refractivity contribution in [1.82, 2.24) is 4.31 Å². The van der Waals surface area contributed by atoms with Crippen LogP contribution < -0.4 is 5.32 Å². The maximum Gasteiger partial charge on any atom is 0.255 e. The second kappa shape index (κ2) is 7.97. The van der Waals surface area contributed by atoms with E-state index in [1.165, 1.54) is 32.3 Å². The second-order valence-electron chi connectivity index (χ2n) is 5.48. The van der Waals surface area contributed by atoms with Crippen LogP contribution in [0.5, 0.6) is 0 Å². The van der Waals surface area contributed by atoms with Gasteiger partial charge in [-0.2, -0.15) is 0 Å². The Labute approximate surface area is 152 Å². The Morgan fingerprint density at radius 1 is 1.20 bits per heavy atom. The fraction of sp³-hybridized carbons (Fsp3) is 0.235. The van der Waals surface area contributed by atoms with Crippen molar-refractivity contribution in [3.8, 4) is 0 Å². The summed E-state index contributed by atoms with van der Waals surface area (Å²) in [4.78, 5) is 12.4. The number of amides is 1. The summed E-state index contributed by atoms with van der Waals surface area (Å²) in [6.45, 7) is 0.345. The number of rotatable bonds is 6. The fourth-order valence-electron chi connectivity index (χ4n) is 2.16. The van der Waals surface area contributed by atoms with E-state index in [0.29, 0.717) is 12.3 Å². The van der Waals surface area contributed by atoms with Crippen molar-refractivity contribution in [3.63, 3.8) is 0 Å². The maximum absolute atomic E-state index is 12.5. The fourth-order valence-corrected chi connectivity index (χ4v) is 3.55. The Morgan fingerprint density at radius 2 is 1.88 bits per heavy atom. The van der Waals surface area contributed by atoms with E-state index in [1.807, 2.05) is 12.1 Å². The molecular formula is C17H19ClN2O4S. The quantitative estimate of drug-likeness (QED) is 0.833. The third kappa shape index (κ3) is 4.38. The first kappa shape index (κ1) is 19.4. The molecule has 0 saturated carbocycles. The van der Waals surface area contributed by atoms with Crippen LogP contribution in [0.2, 0.25) is 5.02 Å². The van der Waals surface area contributed by atoms with E-state index in [2.05, 4.69) is 5.32 Å². The van der Waals surface area contributed by atoms with Crippen molar-refractivity contribution in [2.75, 3.05) is 26.5 Å². The predicted molar refractivity (Wildman–Crippen MR) is 97.4 cm³/mol. The number of nitrogens with zero attached hydrogens (tertiary/aromatic N) is 1. The maximum atomic E-state index is 12.5. The molecule has 0 heterocycles. The number of methoxy groups -OCH3 is 1. The van der Waals surface area contributed by atoms with Crippen molar-refractivity contribution >= 4 is 33.2 Å². The number of carbonyl (C=O) groups excluding carboxylic acids is 1. The smallest absolute Gasteiger partial charge is 0.255 e. The third-order valence-electron chi connectivity index (χ3n) is 3.52. The van der Waals surface area contributed by atoms with Gasteiger partial charge in [-0.25, -0.2) is 12.7 Å². The number of para-hydroxylation sites is 1. The number of nitrogens with one attached hydrogen (secondary N) is 1. The van der Waals surface area contributed by atoms with Gasteiger partial charge < -0.3 is 10.1 Å². The first-order chi connectivity index (χ1) is 11.8. The number of carbonyl (C=O) groups is 1. The molecule has 25 heavy (non-hydrogen) atoms. The van der Waals surface area contributed by atoms with Crippen LogP contribution in [0.1, 0.15) is 15.9 Å². The van der Waals surface area contributed by atoms with E-state index in [-0.39, 0.29) is 15.5 Å². The summed E-state index contributed by atoms with van der Waals surface area (Å²) >= 11 is 6.00. The minimum atomic E-state index is -3.75. The van der Waals surface area contributed by atoms with Crippen LogP contribution in [-0.2, 0) is 21.4 Å². The topological polar surface area (TPSA) is 75.7 Å². The normalized spacial score (nSPS) is 11.6. The lowest BCUT2D eigenvalue weighted by molar-refractivity contribution is 0.102. The molecule has 0 unspecified atom stereocenters. The van der Waals surface area contributed by atoms with Crippen molar-refractivity contribution < 1.29 is 17.9 Å². The molecule has 0 aliphatic carbocycles. The highest BCUT2D eigenvalue weighted by Crippen LogP contribution is 2.25. The van der Waals surface area contributed by atoms with Gasteiger partial charge in [-0.05, 0) is 24.3 Å². The summed E-state index contributed by atoms with van der Waals surface area (Å²) in [6, 6.07) is 11.4. The van der Waals surface area contributed by atoms with E-state index in [4.69, 9.17) is 16.3 Å². The average molecular weight is 383 g/mol.